The van der Waals surface area contributed by atoms with Crippen molar-refractivity contribution in [3.63, 3.8) is 0 Å². The van der Waals surface area contributed by atoms with E-state index >= 15 is 0 Å². The van der Waals surface area contributed by atoms with Crippen molar-refractivity contribution < 1.29 is 37.0 Å². The first-order valence-corrected chi connectivity index (χ1v) is 14.3. The molecule has 5 rings (SSSR count). The summed E-state index contributed by atoms with van der Waals surface area (Å²) in [5, 5.41) is 10.5. The van der Waals surface area contributed by atoms with Crippen molar-refractivity contribution in [2.24, 2.45) is 0 Å². The van der Waals surface area contributed by atoms with Crippen LogP contribution in [-0.4, -0.2) is 71.8 Å². The van der Waals surface area contributed by atoms with Crippen molar-refractivity contribution in [2.75, 3.05) is 32.6 Å². The molecule has 3 heterocycles. The number of methoxy groups -OCH3 is 2. The standard InChI is InChI=1S/C31H36F3N5O5/c1-30(2,3)44-29(41)38-12-11-21(17-38)35-28(40)20-8-6-7-18(13-20)23-16-27-36-22(15-26(31(32,33)34)39(27)37-23)19-9-10-24(42-4)25(14-19)43-5/h6-10,13-14,16,21-22,26,36H,11-12,15,17H2,1-5H3,(H,35,40)/t21-,22?,26?/m0/s1. The Morgan fingerprint density at radius 2 is 1.77 bits per heavy atom. The summed E-state index contributed by atoms with van der Waals surface area (Å²) in [6, 6.07) is 10.4. The van der Waals surface area contributed by atoms with Gasteiger partial charge in [-0.1, -0.05) is 18.2 Å². The van der Waals surface area contributed by atoms with E-state index in [4.69, 9.17) is 14.2 Å². The number of alkyl halides is 3. The number of nitrogens with one attached hydrogen (secondary N) is 2. The van der Waals surface area contributed by atoms with Crippen molar-refractivity contribution >= 4 is 17.8 Å². The van der Waals surface area contributed by atoms with Crippen LogP contribution < -0.4 is 20.1 Å². The summed E-state index contributed by atoms with van der Waals surface area (Å²) in [6.45, 7) is 6.15. The molecule has 0 radical (unpaired) electrons. The van der Waals surface area contributed by atoms with Crippen LogP contribution in [0, 0.1) is 0 Å². The van der Waals surface area contributed by atoms with Crippen LogP contribution >= 0.6 is 0 Å². The summed E-state index contributed by atoms with van der Waals surface area (Å²) >= 11 is 0. The van der Waals surface area contributed by atoms with Crippen LogP contribution in [0.2, 0.25) is 0 Å². The highest BCUT2D eigenvalue weighted by atomic mass is 19.4. The van der Waals surface area contributed by atoms with Gasteiger partial charge >= 0.3 is 12.3 Å². The van der Waals surface area contributed by atoms with Crippen LogP contribution in [0.25, 0.3) is 11.3 Å². The van der Waals surface area contributed by atoms with E-state index in [1.807, 2.05) is 0 Å². The van der Waals surface area contributed by atoms with E-state index in [2.05, 4.69) is 15.7 Å². The first-order chi connectivity index (χ1) is 20.8. The minimum atomic E-state index is -4.55. The van der Waals surface area contributed by atoms with Gasteiger partial charge in [-0.05, 0) is 57.0 Å². The Hall–Kier alpha value is -4.42. The lowest BCUT2D eigenvalue weighted by atomic mass is 9.96. The average Bonchev–Trinajstić information content (AvgIpc) is 3.62. The van der Waals surface area contributed by atoms with Crippen molar-refractivity contribution in [3.05, 3.63) is 59.7 Å². The third kappa shape index (κ3) is 6.71. The minimum absolute atomic E-state index is 0.205. The number of amides is 2. The molecular weight excluding hydrogens is 579 g/mol. The molecule has 236 valence electrons. The molecule has 0 aliphatic carbocycles. The molecule has 1 fully saturated rings. The molecule has 2 aromatic carbocycles. The number of ether oxygens (including phenoxy) is 3. The zero-order valence-corrected chi connectivity index (χ0v) is 25.2. The summed E-state index contributed by atoms with van der Waals surface area (Å²) in [6.07, 6.45) is -4.69. The molecule has 1 saturated heterocycles. The van der Waals surface area contributed by atoms with Crippen LogP contribution in [0.1, 0.15) is 61.6 Å². The monoisotopic (exact) mass is 615 g/mol. The Bertz CT molecular complexity index is 1530. The molecule has 2 amide bonds. The number of carbonyl (C=O) groups is 2. The molecule has 1 aromatic heterocycles. The van der Waals surface area contributed by atoms with Gasteiger partial charge in [0.15, 0.2) is 17.5 Å². The van der Waals surface area contributed by atoms with E-state index in [1.54, 1.807) is 74.2 Å². The molecule has 2 aliphatic heterocycles. The second kappa shape index (κ2) is 11.9. The van der Waals surface area contributed by atoms with Crippen LogP contribution in [0.15, 0.2) is 48.5 Å². The van der Waals surface area contributed by atoms with Gasteiger partial charge in [0.2, 0.25) is 0 Å². The smallest absolute Gasteiger partial charge is 0.410 e. The highest BCUT2D eigenvalue weighted by molar-refractivity contribution is 5.95. The number of likely N-dealkylation sites (tertiary alicyclic amines) is 1. The second-order valence-electron chi connectivity index (χ2n) is 11.9. The first kappa shape index (κ1) is 31.0. The maximum absolute atomic E-state index is 14.3. The van der Waals surface area contributed by atoms with Crippen LogP contribution in [0.4, 0.5) is 23.8 Å². The van der Waals surface area contributed by atoms with Gasteiger partial charge in [0, 0.05) is 42.7 Å². The van der Waals surface area contributed by atoms with Crippen molar-refractivity contribution in [3.8, 4) is 22.8 Å². The van der Waals surface area contributed by atoms with Crippen molar-refractivity contribution in [2.45, 2.75) is 63.5 Å². The number of benzene rings is 2. The van der Waals surface area contributed by atoms with Gasteiger partial charge in [0.1, 0.15) is 11.4 Å². The molecule has 0 bridgehead atoms. The summed E-state index contributed by atoms with van der Waals surface area (Å²) in [5.41, 5.74) is 1.10. The predicted octanol–water partition coefficient (Wildman–Crippen LogP) is 5.97. The highest BCUT2D eigenvalue weighted by Crippen LogP contribution is 2.45. The maximum atomic E-state index is 14.3. The van der Waals surface area contributed by atoms with Crippen molar-refractivity contribution in [1.82, 2.24) is 20.0 Å². The average molecular weight is 616 g/mol. The molecule has 0 spiro atoms. The minimum Gasteiger partial charge on any atom is -0.493 e. The SMILES string of the molecule is COc1ccc(C2CC(C(F)(F)F)n3nc(-c4cccc(C(=O)N[C@H]5CCN(C(=O)OC(C)(C)C)C5)c4)cc3N2)cc1OC. The third-order valence-corrected chi connectivity index (χ3v) is 7.60. The number of fused-ring (bicyclic) bond motifs is 1. The molecule has 2 unspecified atom stereocenters. The molecular formula is C31H36F3N5O5. The number of nitrogens with zero attached hydrogens (tertiary/aromatic N) is 3. The largest absolute Gasteiger partial charge is 0.493 e. The summed E-state index contributed by atoms with van der Waals surface area (Å²) < 4.78 is 59.9. The van der Waals surface area contributed by atoms with Gasteiger partial charge in [-0.25, -0.2) is 9.48 Å². The zero-order valence-electron chi connectivity index (χ0n) is 25.2. The summed E-state index contributed by atoms with van der Waals surface area (Å²) in [7, 11) is 2.96. The lowest BCUT2D eigenvalue weighted by Crippen LogP contribution is -2.40. The number of anilines is 1. The van der Waals surface area contributed by atoms with E-state index in [9.17, 15) is 22.8 Å². The number of aromatic nitrogens is 2. The third-order valence-electron chi connectivity index (χ3n) is 7.60. The Morgan fingerprint density at radius 3 is 2.45 bits per heavy atom. The molecule has 3 aromatic rings. The van der Waals surface area contributed by atoms with Crippen LogP contribution in [0.5, 0.6) is 11.5 Å². The second-order valence-corrected chi connectivity index (χ2v) is 11.9. The van der Waals surface area contributed by atoms with E-state index < -0.39 is 30.0 Å². The fraction of sp³-hybridized carbons (Fsp3) is 0.452. The van der Waals surface area contributed by atoms with Crippen molar-refractivity contribution in [1.29, 1.82) is 0 Å². The number of hydrogen-bond acceptors (Lipinski definition) is 7. The molecule has 10 nitrogen and oxygen atoms in total. The van der Waals surface area contributed by atoms with Crippen LogP contribution in [0.3, 0.4) is 0 Å². The Labute approximate surface area is 253 Å². The molecule has 3 atom stereocenters. The fourth-order valence-corrected chi connectivity index (χ4v) is 5.46. The molecule has 2 aliphatic rings. The van der Waals surface area contributed by atoms with Gasteiger partial charge in [0.25, 0.3) is 5.91 Å². The number of hydrogen-bond donors (Lipinski definition) is 2. The van der Waals surface area contributed by atoms with Gasteiger partial charge in [0.05, 0.1) is 26.0 Å². The van der Waals surface area contributed by atoms with Gasteiger partial charge < -0.3 is 29.7 Å². The molecule has 2 N–H and O–H groups in total. The lowest BCUT2D eigenvalue weighted by molar-refractivity contribution is -0.173. The summed E-state index contributed by atoms with van der Waals surface area (Å²) in [4.78, 5) is 27.1. The first-order valence-electron chi connectivity index (χ1n) is 14.3. The normalized spacial score (nSPS) is 20.0. The Balaban J connectivity index is 1.34. The van der Waals surface area contributed by atoms with Crippen LogP contribution in [-0.2, 0) is 4.74 Å². The van der Waals surface area contributed by atoms with Gasteiger partial charge in [-0.15, -0.1) is 0 Å². The Morgan fingerprint density at radius 1 is 1.02 bits per heavy atom. The quantitative estimate of drug-likeness (QED) is 0.352. The zero-order chi connectivity index (χ0) is 31.8. The number of carbonyl (C=O) groups excluding carboxylic acids is 2. The van der Waals surface area contributed by atoms with E-state index in [0.29, 0.717) is 53.4 Å². The number of rotatable bonds is 6. The lowest BCUT2D eigenvalue weighted by Gasteiger charge is -2.33. The van der Waals surface area contributed by atoms with E-state index in [-0.39, 0.29) is 24.2 Å². The topological polar surface area (TPSA) is 107 Å². The molecule has 0 saturated carbocycles. The summed E-state index contributed by atoms with van der Waals surface area (Å²) in [5.74, 6) is 0.743. The van der Waals surface area contributed by atoms with Gasteiger partial charge in [-0.3, -0.25) is 4.79 Å². The van der Waals surface area contributed by atoms with E-state index in [1.165, 1.54) is 14.2 Å². The number of halogens is 3. The maximum Gasteiger partial charge on any atom is 0.410 e. The van der Waals surface area contributed by atoms with E-state index in [0.717, 1.165) is 4.68 Å². The molecule has 13 heteroatoms. The highest BCUT2D eigenvalue weighted by Gasteiger charge is 2.46. The molecule has 44 heavy (non-hydrogen) atoms. The predicted molar refractivity (Wildman–Crippen MR) is 157 cm³/mol. The Kier molecular flexibility index (Phi) is 8.41. The van der Waals surface area contributed by atoms with Gasteiger partial charge in [-0.2, -0.15) is 18.3 Å². The fourth-order valence-electron chi connectivity index (χ4n) is 5.46.